The molecular formula is C23H23F3N2O5. The normalized spacial score (nSPS) is 14.9. The molecule has 1 aliphatic heterocycles. The number of ether oxygens (including phenoxy) is 1. The lowest BCUT2D eigenvalue weighted by atomic mass is 9.88. The van der Waals surface area contributed by atoms with E-state index in [-0.39, 0.29) is 47.5 Å². The summed E-state index contributed by atoms with van der Waals surface area (Å²) in [5, 5.41) is 11.2. The van der Waals surface area contributed by atoms with Crippen molar-refractivity contribution in [1.29, 1.82) is 0 Å². The highest BCUT2D eigenvalue weighted by molar-refractivity contribution is 5.99. The van der Waals surface area contributed by atoms with Crippen molar-refractivity contribution < 1.29 is 32.4 Å². The van der Waals surface area contributed by atoms with Crippen molar-refractivity contribution >= 4 is 17.4 Å². The molecule has 0 aromatic heterocycles. The molecule has 0 atom stereocenters. The molecule has 0 saturated carbocycles. The Labute approximate surface area is 188 Å². The third-order valence-electron chi connectivity index (χ3n) is 5.42. The third-order valence-corrected chi connectivity index (χ3v) is 5.42. The summed E-state index contributed by atoms with van der Waals surface area (Å²) in [7, 11) is 0. The van der Waals surface area contributed by atoms with Gasteiger partial charge in [-0.3, -0.25) is 19.7 Å². The smallest absolute Gasteiger partial charge is 0.416 e. The van der Waals surface area contributed by atoms with Crippen LogP contribution in [0.4, 0.5) is 18.9 Å². The van der Waals surface area contributed by atoms with Crippen molar-refractivity contribution in [3.05, 3.63) is 69.3 Å². The molecule has 33 heavy (non-hydrogen) atoms. The SMILES string of the molecule is CC(C)Oc1ccc([N+](=O)[O-])cc1C(=O)N1CCC(C(=O)c2ccc(C(F)(F)F)cc2)CC1. The number of hydrogen-bond acceptors (Lipinski definition) is 5. The number of amides is 1. The molecule has 0 N–H and O–H groups in total. The molecule has 0 bridgehead atoms. The molecule has 0 radical (unpaired) electrons. The first-order valence-corrected chi connectivity index (χ1v) is 10.4. The lowest BCUT2D eigenvalue weighted by molar-refractivity contribution is -0.384. The summed E-state index contributed by atoms with van der Waals surface area (Å²) >= 11 is 0. The van der Waals surface area contributed by atoms with Gasteiger partial charge < -0.3 is 9.64 Å². The fourth-order valence-corrected chi connectivity index (χ4v) is 3.73. The number of piperidine rings is 1. The van der Waals surface area contributed by atoms with Gasteiger partial charge in [-0.1, -0.05) is 12.1 Å². The van der Waals surface area contributed by atoms with Crippen LogP contribution in [0.2, 0.25) is 0 Å². The van der Waals surface area contributed by atoms with Gasteiger partial charge in [-0.05, 0) is 44.9 Å². The van der Waals surface area contributed by atoms with E-state index in [1.165, 1.54) is 35.2 Å². The van der Waals surface area contributed by atoms with E-state index in [1.54, 1.807) is 13.8 Å². The summed E-state index contributed by atoms with van der Waals surface area (Å²) in [6.07, 6.45) is -4.05. The number of ketones is 1. The third kappa shape index (κ3) is 5.68. The molecule has 10 heteroatoms. The standard InChI is InChI=1S/C23H23F3N2O5/c1-14(2)33-20-8-7-18(28(31)32)13-19(20)22(30)27-11-9-16(10-12-27)21(29)15-3-5-17(6-4-15)23(24,25)26/h3-8,13-14,16H,9-12H2,1-2H3. The van der Waals surface area contributed by atoms with E-state index < -0.39 is 28.5 Å². The topological polar surface area (TPSA) is 89.8 Å². The minimum absolute atomic E-state index is 0.0745. The highest BCUT2D eigenvalue weighted by atomic mass is 19.4. The first kappa shape index (κ1) is 24.2. The van der Waals surface area contributed by atoms with E-state index >= 15 is 0 Å². The van der Waals surface area contributed by atoms with Crippen LogP contribution >= 0.6 is 0 Å². The van der Waals surface area contributed by atoms with Gasteiger partial charge in [-0.15, -0.1) is 0 Å². The number of non-ortho nitro benzene ring substituents is 1. The predicted molar refractivity (Wildman–Crippen MR) is 113 cm³/mol. The number of rotatable bonds is 6. The number of benzene rings is 2. The van der Waals surface area contributed by atoms with Crippen LogP contribution < -0.4 is 4.74 Å². The van der Waals surface area contributed by atoms with Gasteiger partial charge in [0.15, 0.2) is 5.78 Å². The summed E-state index contributed by atoms with van der Waals surface area (Å²) in [5.41, 5.74) is -0.790. The fourth-order valence-electron chi connectivity index (χ4n) is 3.73. The summed E-state index contributed by atoms with van der Waals surface area (Å²) in [6.45, 7) is 4.02. The van der Waals surface area contributed by atoms with Crippen LogP contribution in [0.1, 0.15) is 53.0 Å². The molecule has 0 spiro atoms. The highest BCUT2D eigenvalue weighted by Gasteiger charge is 2.32. The summed E-state index contributed by atoms with van der Waals surface area (Å²) in [4.78, 5) is 37.9. The van der Waals surface area contributed by atoms with Gasteiger partial charge in [-0.25, -0.2) is 0 Å². The average Bonchev–Trinajstić information content (AvgIpc) is 2.77. The number of hydrogen-bond donors (Lipinski definition) is 0. The number of Topliss-reactive ketones (excluding diaryl/α,β-unsaturated/α-hetero) is 1. The lowest BCUT2D eigenvalue weighted by Crippen LogP contribution is -2.40. The van der Waals surface area contributed by atoms with Crippen molar-refractivity contribution in [2.45, 2.75) is 39.0 Å². The van der Waals surface area contributed by atoms with E-state index in [4.69, 9.17) is 4.74 Å². The predicted octanol–water partition coefficient (Wildman–Crippen LogP) is 5.14. The van der Waals surface area contributed by atoms with Gasteiger partial charge in [0.1, 0.15) is 5.75 Å². The number of nitro groups is 1. The number of nitrogens with zero attached hydrogens (tertiary/aromatic N) is 2. The van der Waals surface area contributed by atoms with Crippen molar-refractivity contribution in [3.8, 4) is 5.75 Å². The van der Waals surface area contributed by atoms with Crippen LogP contribution in [0.5, 0.6) is 5.75 Å². The van der Waals surface area contributed by atoms with Gasteiger partial charge in [0.25, 0.3) is 11.6 Å². The van der Waals surface area contributed by atoms with E-state index in [2.05, 4.69) is 0 Å². The monoisotopic (exact) mass is 464 g/mol. The van der Waals surface area contributed by atoms with Gasteiger partial charge in [0.2, 0.25) is 0 Å². The minimum Gasteiger partial charge on any atom is -0.490 e. The molecular weight excluding hydrogens is 441 g/mol. The fraction of sp³-hybridized carbons (Fsp3) is 0.391. The van der Waals surface area contributed by atoms with Crippen LogP contribution in [0, 0.1) is 16.0 Å². The van der Waals surface area contributed by atoms with Crippen LogP contribution in [-0.2, 0) is 6.18 Å². The Morgan fingerprint density at radius 3 is 2.21 bits per heavy atom. The second-order valence-electron chi connectivity index (χ2n) is 8.11. The zero-order valence-corrected chi connectivity index (χ0v) is 18.1. The number of carbonyl (C=O) groups excluding carboxylic acids is 2. The quantitative estimate of drug-likeness (QED) is 0.336. The largest absolute Gasteiger partial charge is 0.490 e. The lowest BCUT2D eigenvalue weighted by Gasteiger charge is -2.32. The van der Waals surface area contributed by atoms with Gasteiger partial charge in [-0.2, -0.15) is 13.2 Å². The Hall–Kier alpha value is -3.43. The van der Waals surface area contributed by atoms with E-state index in [0.29, 0.717) is 12.8 Å². The molecule has 3 rings (SSSR count). The Kier molecular flexibility index (Phi) is 7.04. The number of halogens is 3. The first-order valence-electron chi connectivity index (χ1n) is 10.4. The average molecular weight is 464 g/mol. The van der Waals surface area contributed by atoms with Crippen LogP contribution in [0.15, 0.2) is 42.5 Å². The Morgan fingerprint density at radius 2 is 1.70 bits per heavy atom. The Balaban J connectivity index is 1.70. The first-order chi connectivity index (χ1) is 15.5. The number of carbonyl (C=O) groups is 2. The van der Waals surface area contributed by atoms with Crippen molar-refractivity contribution in [2.24, 2.45) is 5.92 Å². The number of likely N-dealkylation sites (tertiary alicyclic amines) is 1. The molecule has 1 fully saturated rings. The summed E-state index contributed by atoms with van der Waals surface area (Å²) in [5.74, 6) is -0.893. The molecule has 2 aromatic rings. The van der Waals surface area contributed by atoms with Crippen LogP contribution in [-0.4, -0.2) is 40.7 Å². The molecule has 0 unspecified atom stereocenters. The van der Waals surface area contributed by atoms with Gasteiger partial charge in [0.05, 0.1) is 22.2 Å². The maximum absolute atomic E-state index is 13.1. The zero-order valence-electron chi connectivity index (χ0n) is 18.1. The van der Waals surface area contributed by atoms with E-state index in [9.17, 15) is 32.9 Å². The van der Waals surface area contributed by atoms with E-state index in [0.717, 1.165) is 12.1 Å². The summed E-state index contributed by atoms with van der Waals surface area (Å²) in [6, 6.07) is 7.94. The zero-order chi connectivity index (χ0) is 24.3. The van der Waals surface area contributed by atoms with Crippen molar-refractivity contribution in [2.75, 3.05) is 13.1 Å². The molecule has 1 saturated heterocycles. The van der Waals surface area contributed by atoms with E-state index in [1.807, 2.05) is 0 Å². The van der Waals surface area contributed by atoms with Crippen molar-refractivity contribution in [1.82, 2.24) is 4.90 Å². The van der Waals surface area contributed by atoms with Crippen molar-refractivity contribution in [3.63, 3.8) is 0 Å². The second kappa shape index (κ2) is 9.60. The van der Waals surface area contributed by atoms with Crippen LogP contribution in [0.25, 0.3) is 0 Å². The van der Waals surface area contributed by atoms with Crippen LogP contribution in [0.3, 0.4) is 0 Å². The number of nitro benzene ring substituents is 1. The molecule has 7 nitrogen and oxygen atoms in total. The van der Waals surface area contributed by atoms with Gasteiger partial charge in [0, 0.05) is 36.7 Å². The molecule has 1 aliphatic rings. The van der Waals surface area contributed by atoms with Gasteiger partial charge >= 0.3 is 6.18 Å². The maximum Gasteiger partial charge on any atom is 0.416 e. The second-order valence-corrected chi connectivity index (χ2v) is 8.11. The maximum atomic E-state index is 13.1. The Bertz CT molecular complexity index is 1040. The summed E-state index contributed by atoms with van der Waals surface area (Å²) < 4.78 is 43.8. The highest BCUT2D eigenvalue weighted by Crippen LogP contribution is 2.31. The minimum atomic E-state index is -4.47. The number of alkyl halides is 3. The Morgan fingerprint density at radius 1 is 1.09 bits per heavy atom. The molecule has 0 aliphatic carbocycles. The molecule has 2 aromatic carbocycles. The molecule has 176 valence electrons. The molecule has 1 heterocycles. The molecule has 1 amide bonds.